The normalized spacial score (nSPS) is 22.5. The Kier molecular flexibility index (Phi) is 7.26. The first-order chi connectivity index (χ1) is 11.0. The quantitative estimate of drug-likeness (QED) is 0.749. The Labute approximate surface area is 149 Å². The molecule has 1 heterocycles. The van der Waals surface area contributed by atoms with Crippen LogP contribution in [0.2, 0.25) is 0 Å². The van der Waals surface area contributed by atoms with Crippen LogP contribution in [0.4, 0.5) is 9.59 Å². The highest BCUT2D eigenvalue weighted by Crippen LogP contribution is 2.21. The number of nitrogens with zero attached hydrogens (tertiary/aromatic N) is 1. The number of likely N-dealkylation sites (tertiary alicyclic amines) is 1. The summed E-state index contributed by atoms with van der Waals surface area (Å²) < 4.78 is 10.6. The van der Waals surface area contributed by atoms with Crippen molar-refractivity contribution in [3.8, 4) is 0 Å². The number of alkyl carbamates (subject to hydrolysis) is 1. The minimum Gasteiger partial charge on any atom is -0.447 e. The lowest BCUT2D eigenvalue weighted by molar-refractivity contribution is 0.0128. The average molecular weight is 359 g/mol. The molecule has 3 atom stereocenters. The molecule has 1 rings (SSSR count). The lowest BCUT2D eigenvalue weighted by Gasteiger charge is -2.39. The molecule has 1 aliphatic rings. The zero-order valence-electron chi connectivity index (χ0n) is 15.1. The van der Waals surface area contributed by atoms with Crippen molar-refractivity contribution < 1.29 is 19.1 Å². The zero-order valence-corrected chi connectivity index (χ0v) is 15.9. The summed E-state index contributed by atoms with van der Waals surface area (Å²) in [6, 6.07) is -0.585. The van der Waals surface area contributed by atoms with Gasteiger partial charge in [0.25, 0.3) is 0 Å². The summed E-state index contributed by atoms with van der Waals surface area (Å²) in [5.41, 5.74) is 5.14. The molecule has 1 saturated heterocycles. The van der Waals surface area contributed by atoms with Crippen LogP contribution in [0.15, 0.2) is 0 Å². The molecule has 0 bridgehead atoms. The van der Waals surface area contributed by atoms with Gasteiger partial charge in [0.1, 0.15) is 11.7 Å². The molecule has 3 N–H and O–H groups in total. The second-order valence-electron chi connectivity index (χ2n) is 7.09. The molecule has 24 heavy (non-hydrogen) atoms. The van der Waals surface area contributed by atoms with E-state index in [0.29, 0.717) is 12.8 Å². The molecule has 0 radical (unpaired) electrons. The Bertz CT molecular complexity index is 478. The molecule has 0 spiro atoms. The van der Waals surface area contributed by atoms with Gasteiger partial charge >= 0.3 is 12.2 Å². The van der Waals surface area contributed by atoms with Gasteiger partial charge in [-0.3, -0.25) is 4.90 Å². The van der Waals surface area contributed by atoms with E-state index in [2.05, 4.69) is 5.32 Å². The Morgan fingerprint density at radius 1 is 1.38 bits per heavy atom. The van der Waals surface area contributed by atoms with E-state index in [-0.39, 0.29) is 29.7 Å². The Hall–Kier alpha value is -1.57. The van der Waals surface area contributed by atoms with Crippen LogP contribution in [0, 0.1) is 0 Å². The maximum Gasteiger partial charge on any atom is 0.410 e. The molecule has 0 aliphatic carbocycles. The van der Waals surface area contributed by atoms with Crippen molar-refractivity contribution >= 4 is 29.4 Å². The highest BCUT2D eigenvalue weighted by Gasteiger charge is 2.36. The first-order valence-electron chi connectivity index (χ1n) is 8.29. The first-order valence-corrected chi connectivity index (χ1v) is 8.70. The van der Waals surface area contributed by atoms with Crippen molar-refractivity contribution in [1.29, 1.82) is 0 Å². The molecular weight excluding hydrogens is 330 g/mol. The molecule has 0 aromatic carbocycles. The Balaban J connectivity index is 2.73. The van der Waals surface area contributed by atoms with E-state index >= 15 is 0 Å². The lowest BCUT2D eigenvalue weighted by Crippen LogP contribution is -2.58. The maximum absolute atomic E-state index is 12.4. The van der Waals surface area contributed by atoms with Crippen LogP contribution in [0.5, 0.6) is 0 Å². The molecule has 0 saturated carbocycles. The molecule has 2 unspecified atom stereocenters. The second-order valence-corrected chi connectivity index (χ2v) is 7.57. The van der Waals surface area contributed by atoms with E-state index in [4.69, 9.17) is 27.4 Å². The van der Waals surface area contributed by atoms with Crippen LogP contribution < -0.4 is 11.1 Å². The number of thiocarbonyl (C=S) groups is 1. The summed E-state index contributed by atoms with van der Waals surface area (Å²) in [6.07, 6.45) is 0.861. The van der Waals surface area contributed by atoms with Gasteiger partial charge in [-0.15, -0.1) is 0 Å². The number of rotatable bonds is 4. The number of piperidine rings is 1. The van der Waals surface area contributed by atoms with E-state index in [9.17, 15) is 9.59 Å². The fourth-order valence-corrected chi connectivity index (χ4v) is 2.62. The highest BCUT2D eigenvalue weighted by atomic mass is 32.1. The molecule has 0 aromatic heterocycles. The number of nitrogens with two attached hydrogens (primary N) is 1. The summed E-state index contributed by atoms with van der Waals surface area (Å²) in [5.74, 6) is 0. The SMILES string of the molecule is CCC(C)OC(=O)NC1CC[C@@H](C(N)=S)N(C(=O)OC(C)(C)C)C1. The van der Waals surface area contributed by atoms with Gasteiger partial charge in [0, 0.05) is 6.54 Å². The molecule has 2 amide bonds. The first kappa shape index (κ1) is 20.5. The third-order valence-electron chi connectivity index (χ3n) is 3.74. The van der Waals surface area contributed by atoms with Gasteiger partial charge in [-0.25, -0.2) is 9.59 Å². The zero-order chi connectivity index (χ0) is 18.5. The molecule has 138 valence electrons. The third-order valence-corrected chi connectivity index (χ3v) is 4.02. The number of amides is 2. The van der Waals surface area contributed by atoms with Crippen LogP contribution in [0.1, 0.15) is 53.9 Å². The van der Waals surface area contributed by atoms with E-state index < -0.39 is 17.8 Å². The van der Waals surface area contributed by atoms with Crippen molar-refractivity contribution in [2.45, 2.75) is 77.7 Å². The lowest BCUT2D eigenvalue weighted by atomic mass is 9.98. The van der Waals surface area contributed by atoms with Crippen molar-refractivity contribution in [2.24, 2.45) is 5.73 Å². The largest absolute Gasteiger partial charge is 0.447 e. The predicted molar refractivity (Wildman–Crippen MR) is 95.9 cm³/mol. The van der Waals surface area contributed by atoms with Crippen LogP contribution >= 0.6 is 12.2 Å². The predicted octanol–water partition coefficient (Wildman–Crippen LogP) is 2.57. The van der Waals surface area contributed by atoms with Gasteiger partial charge < -0.3 is 20.5 Å². The number of hydrogen-bond donors (Lipinski definition) is 2. The minimum absolute atomic E-state index is 0.153. The fraction of sp³-hybridized carbons (Fsp3) is 0.812. The van der Waals surface area contributed by atoms with Crippen molar-refractivity contribution in [2.75, 3.05) is 6.54 Å². The molecule has 8 heteroatoms. The maximum atomic E-state index is 12.4. The molecule has 1 aliphatic heterocycles. The number of ether oxygens (including phenoxy) is 2. The van der Waals surface area contributed by atoms with Gasteiger partial charge in [0.05, 0.1) is 17.1 Å². The van der Waals surface area contributed by atoms with Crippen molar-refractivity contribution in [3.63, 3.8) is 0 Å². The van der Waals surface area contributed by atoms with Gasteiger partial charge in [0.2, 0.25) is 0 Å². The molecular formula is C16H29N3O4S. The number of nitrogens with one attached hydrogen (secondary N) is 1. The third kappa shape index (κ3) is 6.51. The van der Waals surface area contributed by atoms with Gasteiger partial charge in [-0.2, -0.15) is 0 Å². The van der Waals surface area contributed by atoms with E-state index in [1.165, 1.54) is 4.90 Å². The Morgan fingerprint density at radius 3 is 2.50 bits per heavy atom. The van der Waals surface area contributed by atoms with Crippen LogP contribution in [-0.2, 0) is 9.47 Å². The monoisotopic (exact) mass is 359 g/mol. The molecule has 0 aromatic rings. The van der Waals surface area contributed by atoms with E-state index in [1.807, 2.05) is 13.8 Å². The summed E-state index contributed by atoms with van der Waals surface area (Å²) in [7, 11) is 0. The van der Waals surface area contributed by atoms with Crippen LogP contribution in [0.25, 0.3) is 0 Å². The topological polar surface area (TPSA) is 93.9 Å². The Morgan fingerprint density at radius 2 is 2.00 bits per heavy atom. The second kappa shape index (κ2) is 8.50. The van der Waals surface area contributed by atoms with Gasteiger partial charge in [-0.1, -0.05) is 19.1 Å². The summed E-state index contributed by atoms with van der Waals surface area (Å²) in [4.78, 5) is 26.1. The summed E-state index contributed by atoms with van der Waals surface area (Å²) in [5, 5.41) is 2.80. The van der Waals surface area contributed by atoms with Crippen LogP contribution in [-0.4, -0.2) is 52.4 Å². The fourth-order valence-electron chi connectivity index (χ4n) is 2.37. The van der Waals surface area contributed by atoms with Gasteiger partial charge in [0.15, 0.2) is 0 Å². The number of carbonyl (C=O) groups excluding carboxylic acids is 2. The van der Waals surface area contributed by atoms with Crippen molar-refractivity contribution in [3.05, 3.63) is 0 Å². The smallest absolute Gasteiger partial charge is 0.410 e. The molecule has 7 nitrogen and oxygen atoms in total. The van der Waals surface area contributed by atoms with Crippen molar-refractivity contribution in [1.82, 2.24) is 10.2 Å². The standard InChI is InChI=1S/C16H29N3O4S/c1-6-10(2)22-14(20)18-11-7-8-12(13(17)24)19(9-11)15(21)23-16(3,4)5/h10-12H,6-9H2,1-5H3,(H2,17,24)(H,18,20)/t10?,11?,12-/m0/s1. The summed E-state index contributed by atoms with van der Waals surface area (Å²) >= 11 is 5.07. The number of hydrogen-bond acceptors (Lipinski definition) is 5. The highest BCUT2D eigenvalue weighted by molar-refractivity contribution is 7.80. The van der Waals surface area contributed by atoms with Gasteiger partial charge in [-0.05, 0) is 47.0 Å². The molecule has 1 fully saturated rings. The average Bonchev–Trinajstić information content (AvgIpc) is 2.44. The minimum atomic E-state index is -0.617. The van der Waals surface area contributed by atoms with E-state index in [1.54, 1.807) is 20.8 Å². The van der Waals surface area contributed by atoms with Crippen LogP contribution in [0.3, 0.4) is 0 Å². The summed E-state index contributed by atoms with van der Waals surface area (Å²) in [6.45, 7) is 9.44. The number of carbonyl (C=O) groups is 2. The van der Waals surface area contributed by atoms with E-state index in [0.717, 1.165) is 6.42 Å².